The quantitative estimate of drug-likeness (QED) is 0.738. The van der Waals surface area contributed by atoms with Crippen molar-refractivity contribution < 1.29 is 32.2 Å². The number of benzene rings is 1. The van der Waals surface area contributed by atoms with Gasteiger partial charge in [-0.2, -0.15) is 13.2 Å². The van der Waals surface area contributed by atoms with Crippen LogP contribution in [-0.4, -0.2) is 17.1 Å². The van der Waals surface area contributed by atoms with Crippen LogP contribution in [0.1, 0.15) is 12.5 Å². The molecule has 0 N–H and O–H groups in total. The number of aromatic nitrogens is 1. The van der Waals surface area contributed by atoms with Crippen molar-refractivity contribution in [1.29, 1.82) is 0 Å². The Morgan fingerprint density at radius 1 is 1.24 bits per heavy atom. The normalized spacial score (nSPS) is 12.8. The summed E-state index contributed by atoms with van der Waals surface area (Å²) in [4.78, 5) is 14.3. The third kappa shape index (κ3) is 4.32. The van der Waals surface area contributed by atoms with Gasteiger partial charge in [-0.15, -0.1) is 0 Å². The molecule has 1 heterocycles. The average molecular weight is 397 g/mol. The van der Waals surface area contributed by atoms with E-state index in [0.29, 0.717) is 12.3 Å². The van der Waals surface area contributed by atoms with E-state index in [1.54, 1.807) is 0 Å². The van der Waals surface area contributed by atoms with E-state index < -0.39 is 34.7 Å². The molecule has 0 spiro atoms. The second kappa shape index (κ2) is 7.05. The minimum absolute atomic E-state index is 0.215. The summed E-state index contributed by atoms with van der Waals surface area (Å²) in [7, 11) is 0. The predicted molar refractivity (Wildman–Crippen MR) is 79.8 cm³/mol. The summed E-state index contributed by atoms with van der Waals surface area (Å²) >= 11 is 11.6. The van der Waals surface area contributed by atoms with Crippen LogP contribution in [-0.2, 0) is 11.0 Å². The van der Waals surface area contributed by atoms with Gasteiger partial charge < -0.3 is 14.6 Å². The lowest BCUT2D eigenvalue weighted by atomic mass is 10.1. The highest BCUT2D eigenvalue weighted by Crippen LogP contribution is 2.38. The molecule has 134 valence electrons. The Hall–Kier alpha value is -2.06. The maximum Gasteiger partial charge on any atom is 0.417 e. The molecule has 0 saturated carbocycles. The molecule has 2 rings (SSSR count). The molecule has 1 unspecified atom stereocenters. The Labute approximate surface area is 149 Å². The minimum atomic E-state index is -4.66. The number of nitrogens with zero attached hydrogens (tertiary/aromatic N) is 1. The van der Waals surface area contributed by atoms with Crippen molar-refractivity contribution in [2.75, 3.05) is 0 Å². The Morgan fingerprint density at radius 2 is 1.88 bits per heavy atom. The second-order valence-corrected chi connectivity index (χ2v) is 5.71. The highest BCUT2D eigenvalue weighted by molar-refractivity contribution is 6.33. The van der Waals surface area contributed by atoms with E-state index in [-0.39, 0.29) is 22.0 Å². The van der Waals surface area contributed by atoms with Crippen LogP contribution in [0.15, 0.2) is 24.4 Å². The SMILES string of the molecule is CC(Oc1cc(-c2ncc(C(F)(F)F)cc2Cl)c(F)cc1Cl)C(=O)[O-]. The number of carbonyl (C=O) groups excluding carboxylic acids is 1. The van der Waals surface area contributed by atoms with Gasteiger partial charge in [-0.05, 0) is 25.1 Å². The lowest BCUT2D eigenvalue weighted by Gasteiger charge is -2.17. The van der Waals surface area contributed by atoms with Crippen molar-refractivity contribution >= 4 is 29.2 Å². The van der Waals surface area contributed by atoms with Crippen molar-refractivity contribution in [3.8, 4) is 17.0 Å². The zero-order chi connectivity index (χ0) is 18.9. The zero-order valence-corrected chi connectivity index (χ0v) is 13.8. The van der Waals surface area contributed by atoms with Gasteiger partial charge in [-0.1, -0.05) is 23.2 Å². The molecule has 4 nitrogen and oxygen atoms in total. The fourth-order valence-electron chi connectivity index (χ4n) is 1.83. The van der Waals surface area contributed by atoms with Gasteiger partial charge in [0.15, 0.2) is 0 Å². The molecule has 0 aliphatic heterocycles. The molecular weight excluding hydrogens is 389 g/mol. The Kier molecular flexibility index (Phi) is 5.43. The van der Waals surface area contributed by atoms with Crippen LogP contribution in [0, 0.1) is 5.82 Å². The van der Waals surface area contributed by atoms with E-state index in [4.69, 9.17) is 27.9 Å². The van der Waals surface area contributed by atoms with Crippen molar-refractivity contribution in [3.63, 3.8) is 0 Å². The van der Waals surface area contributed by atoms with E-state index in [1.165, 1.54) is 0 Å². The average Bonchev–Trinajstić information content (AvgIpc) is 2.49. The van der Waals surface area contributed by atoms with Crippen LogP contribution in [0.25, 0.3) is 11.3 Å². The number of aliphatic carboxylic acids is 1. The number of alkyl halides is 3. The smallest absolute Gasteiger partial charge is 0.417 e. The zero-order valence-electron chi connectivity index (χ0n) is 12.3. The molecule has 0 amide bonds. The van der Waals surface area contributed by atoms with Crippen molar-refractivity contribution in [1.82, 2.24) is 4.98 Å². The maximum absolute atomic E-state index is 14.1. The summed E-state index contributed by atoms with van der Waals surface area (Å²) in [6, 6.07) is 2.41. The second-order valence-electron chi connectivity index (χ2n) is 4.89. The summed E-state index contributed by atoms with van der Waals surface area (Å²) in [5.74, 6) is -2.67. The van der Waals surface area contributed by atoms with Gasteiger partial charge in [0, 0.05) is 11.8 Å². The first-order chi connectivity index (χ1) is 11.5. The number of rotatable bonds is 4. The molecule has 1 aromatic carbocycles. The van der Waals surface area contributed by atoms with E-state index >= 15 is 0 Å². The number of hydrogen-bond acceptors (Lipinski definition) is 4. The van der Waals surface area contributed by atoms with Crippen LogP contribution in [0.2, 0.25) is 10.0 Å². The summed E-state index contributed by atoms with van der Waals surface area (Å²) in [5.41, 5.74) is -1.68. The summed E-state index contributed by atoms with van der Waals surface area (Å²) in [6.45, 7) is 1.16. The van der Waals surface area contributed by atoms with E-state index in [9.17, 15) is 27.5 Å². The highest BCUT2D eigenvalue weighted by Gasteiger charge is 2.32. The van der Waals surface area contributed by atoms with Crippen molar-refractivity contribution in [2.45, 2.75) is 19.2 Å². The predicted octanol–water partition coefficient (Wildman–Crippen LogP) is 3.73. The molecule has 1 atom stereocenters. The number of pyridine rings is 1. The molecule has 10 heteroatoms. The molecule has 2 aromatic rings. The fourth-order valence-corrected chi connectivity index (χ4v) is 2.29. The number of carboxylic acids is 1. The molecule has 25 heavy (non-hydrogen) atoms. The number of hydrogen-bond donors (Lipinski definition) is 0. The fraction of sp³-hybridized carbons (Fsp3) is 0.200. The van der Waals surface area contributed by atoms with Gasteiger partial charge in [0.25, 0.3) is 0 Å². The number of carboxylic acid groups (broad SMARTS) is 1. The van der Waals surface area contributed by atoms with Gasteiger partial charge >= 0.3 is 6.18 Å². The van der Waals surface area contributed by atoms with Crippen molar-refractivity contribution in [3.05, 3.63) is 45.8 Å². The van der Waals surface area contributed by atoms with Crippen LogP contribution >= 0.6 is 23.2 Å². The summed E-state index contributed by atoms with van der Waals surface area (Å²) in [5, 5.41) is 10.0. The molecule has 0 bridgehead atoms. The Bertz CT molecular complexity index is 827. The van der Waals surface area contributed by atoms with E-state index in [1.807, 2.05) is 0 Å². The molecular formula is C15H8Cl2F4NO3-. The lowest BCUT2D eigenvalue weighted by molar-refractivity contribution is -0.312. The molecule has 0 saturated heterocycles. The monoisotopic (exact) mass is 396 g/mol. The Balaban J connectivity index is 2.51. The molecule has 0 aliphatic rings. The Morgan fingerprint density at radius 3 is 2.40 bits per heavy atom. The molecule has 1 aromatic heterocycles. The van der Waals surface area contributed by atoms with Gasteiger partial charge in [0.2, 0.25) is 0 Å². The van der Waals surface area contributed by atoms with Gasteiger partial charge in [-0.3, -0.25) is 4.98 Å². The number of carbonyl (C=O) groups is 1. The first-order valence-corrected chi connectivity index (χ1v) is 7.36. The third-order valence-corrected chi connectivity index (χ3v) is 3.66. The molecule has 0 aliphatic carbocycles. The third-order valence-electron chi connectivity index (χ3n) is 3.08. The molecule has 0 fully saturated rings. The van der Waals surface area contributed by atoms with Crippen LogP contribution in [0.3, 0.4) is 0 Å². The highest BCUT2D eigenvalue weighted by atomic mass is 35.5. The first-order valence-electron chi connectivity index (χ1n) is 6.60. The van der Waals surface area contributed by atoms with Gasteiger partial charge in [0.1, 0.15) is 17.7 Å². The van der Waals surface area contributed by atoms with Crippen molar-refractivity contribution in [2.24, 2.45) is 0 Å². The first kappa shape index (κ1) is 19.3. The lowest BCUT2D eigenvalue weighted by Crippen LogP contribution is -2.37. The molecule has 0 radical (unpaired) electrons. The van der Waals surface area contributed by atoms with Crippen LogP contribution < -0.4 is 9.84 Å². The van der Waals surface area contributed by atoms with E-state index in [2.05, 4.69) is 4.98 Å². The number of halogens is 6. The largest absolute Gasteiger partial charge is 0.546 e. The topological polar surface area (TPSA) is 62.2 Å². The van der Waals surface area contributed by atoms with Gasteiger partial charge in [0.05, 0.1) is 27.3 Å². The maximum atomic E-state index is 14.1. The van der Waals surface area contributed by atoms with Gasteiger partial charge in [-0.25, -0.2) is 4.39 Å². The van der Waals surface area contributed by atoms with E-state index in [0.717, 1.165) is 19.1 Å². The standard InChI is InChI=1S/C15H9Cl2F4NO3/c1-6(14(23)24)25-12-3-8(11(18)4-9(12)16)13-10(17)2-7(5-22-13)15(19,20)21/h2-6H,1H3,(H,23,24)/p-1. The van der Waals surface area contributed by atoms with Crippen LogP contribution in [0.5, 0.6) is 5.75 Å². The van der Waals surface area contributed by atoms with Crippen LogP contribution in [0.4, 0.5) is 17.6 Å². The number of ether oxygens (including phenoxy) is 1. The summed E-state index contributed by atoms with van der Waals surface area (Å²) < 4.78 is 57.1. The summed E-state index contributed by atoms with van der Waals surface area (Å²) in [6.07, 6.45) is -5.56. The minimum Gasteiger partial charge on any atom is -0.546 e.